The Morgan fingerprint density at radius 3 is 3.13 bits per heavy atom. The topological polar surface area (TPSA) is 67.7 Å². The Hall–Kier alpha value is -1.54. The Balaban J connectivity index is 1.48. The number of aliphatic hydroxyl groups excluding tert-OH is 1. The van der Waals surface area contributed by atoms with Gasteiger partial charge in [0.25, 0.3) is 0 Å². The first kappa shape index (κ1) is 16.3. The van der Waals surface area contributed by atoms with Crippen LogP contribution in [0.2, 0.25) is 0 Å². The lowest BCUT2D eigenvalue weighted by Crippen LogP contribution is -2.38. The van der Waals surface area contributed by atoms with E-state index >= 15 is 0 Å². The number of hydrogen-bond acceptors (Lipinski definition) is 7. The Bertz CT molecular complexity index is 607. The zero-order valence-electron chi connectivity index (χ0n) is 13.1. The van der Waals surface area contributed by atoms with Gasteiger partial charge in [0.15, 0.2) is 0 Å². The van der Waals surface area contributed by atoms with Gasteiger partial charge in [0.1, 0.15) is 6.33 Å². The van der Waals surface area contributed by atoms with E-state index in [-0.39, 0.29) is 0 Å². The second kappa shape index (κ2) is 7.83. The number of β-amino-alcohol motifs (C(OH)–C–C–N with tert-alkyl or cyclic N) is 1. The molecule has 124 valence electrons. The van der Waals surface area contributed by atoms with Crippen molar-refractivity contribution >= 4 is 11.3 Å². The average Bonchev–Trinajstić information content (AvgIpc) is 3.07. The number of aromatic nitrogens is 2. The molecule has 0 spiro atoms. The van der Waals surface area contributed by atoms with E-state index in [1.807, 2.05) is 17.5 Å². The number of thiophene rings is 1. The smallest absolute Gasteiger partial charge is 0.220 e. The quantitative estimate of drug-likeness (QED) is 0.827. The van der Waals surface area contributed by atoms with Crippen LogP contribution in [0.1, 0.15) is 16.1 Å². The van der Waals surface area contributed by atoms with E-state index < -0.39 is 6.10 Å². The highest BCUT2D eigenvalue weighted by molar-refractivity contribution is 7.09. The van der Waals surface area contributed by atoms with Gasteiger partial charge in [0.2, 0.25) is 5.88 Å². The molecule has 23 heavy (non-hydrogen) atoms. The molecule has 1 aliphatic rings. The second-order valence-electron chi connectivity index (χ2n) is 5.54. The number of hydrogen-bond donors (Lipinski definition) is 1. The van der Waals surface area contributed by atoms with Gasteiger partial charge in [-0.2, -0.15) is 0 Å². The van der Waals surface area contributed by atoms with E-state index in [1.54, 1.807) is 24.8 Å². The lowest BCUT2D eigenvalue weighted by atomic mass is 10.1. The molecule has 1 N–H and O–H groups in total. The predicted octanol–water partition coefficient (Wildman–Crippen LogP) is 1.48. The first-order chi connectivity index (χ1) is 11.3. The van der Waals surface area contributed by atoms with Crippen LogP contribution in [-0.4, -0.2) is 52.9 Å². The molecule has 6 nitrogen and oxygen atoms in total. The van der Waals surface area contributed by atoms with Crippen molar-refractivity contribution in [3.05, 3.63) is 40.0 Å². The van der Waals surface area contributed by atoms with Crippen LogP contribution in [-0.2, 0) is 24.3 Å². The van der Waals surface area contributed by atoms with Gasteiger partial charge in [-0.1, -0.05) is 6.07 Å². The van der Waals surface area contributed by atoms with Crippen molar-refractivity contribution < 1.29 is 14.6 Å². The molecule has 0 saturated carbocycles. The molecule has 1 aliphatic heterocycles. The van der Waals surface area contributed by atoms with Crippen LogP contribution in [0.5, 0.6) is 5.88 Å². The molecule has 0 amide bonds. The number of fused-ring (bicyclic) bond motifs is 1. The van der Waals surface area contributed by atoms with Crippen molar-refractivity contribution in [3.8, 4) is 5.88 Å². The Morgan fingerprint density at radius 1 is 1.43 bits per heavy atom. The minimum absolute atomic E-state index is 0.337. The third-order valence-electron chi connectivity index (χ3n) is 3.84. The van der Waals surface area contributed by atoms with Crippen molar-refractivity contribution in [2.75, 3.05) is 26.8 Å². The summed E-state index contributed by atoms with van der Waals surface area (Å²) in [7, 11) is 1.62. The minimum Gasteiger partial charge on any atom is -0.481 e. The van der Waals surface area contributed by atoms with Gasteiger partial charge < -0.3 is 14.6 Å². The SMILES string of the molecule is COc1ncnc2c1CN(C[C@H](O)COCc1cccs1)CC2. The molecule has 0 aliphatic carbocycles. The molecule has 0 unspecified atom stereocenters. The third-order valence-corrected chi connectivity index (χ3v) is 4.69. The van der Waals surface area contributed by atoms with Crippen molar-refractivity contribution in [3.63, 3.8) is 0 Å². The Morgan fingerprint density at radius 2 is 2.35 bits per heavy atom. The molecule has 1 atom stereocenters. The minimum atomic E-state index is -0.507. The maximum Gasteiger partial charge on any atom is 0.220 e. The number of nitrogens with zero attached hydrogens (tertiary/aromatic N) is 3. The van der Waals surface area contributed by atoms with Gasteiger partial charge in [0.05, 0.1) is 32.1 Å². The Labute approximate surface area is 139 Å². The lowest BCUT2D eigenvalue weighted by Gasteiger charge is -2.30. The van der Waals surface area contributed by atoms with Gasteiger partial charge >= 0.3 is 0 Å². The van der Waals surface area contributed by atoms with Gasteiger partial charge in [-0.15, -0.1) is 11.3 Å². The van der Waals surface area contributed by atoms with E-state index in [4.69, 9.17) is 9.47 Å². The molecule has 3 heterocycles. The monoisotopic (exact) mass is 335 g/mol. The van der Waals surface area contributed by atoms with Gasteiger partial charge in [0, 0.05) is 36.5 Å². The van der Waals surface area contributed by atoms with Crippen LogP contribution in [0.15, 0.2) is 23.8 Å². The van der Waals surface area contributed by atoms with Gasteiger partial charge in [-0.05, 0) is 11.4 Å². The molecule has 2 aromatic heterocycles. The van der Waals surface area contributed by atoms with Crippen LogP contribution in [0.4, 0.5) is 0 Å². The van der Waals surface area contributed by atoms with Crippen LogP contribution in [0.25, 0.3) is 0 Å². The van der Waals surface area contributed by atoms with E-state index in [2.05, 4.69) is 14.9 Å². The number of rotatable bonds is 7. The summed E-state index contributed by atoms with van der Waals surface area (Å²) >= 11 is 1.66. The maximum atomic E-state index is 10.2. The maximum absolute atomic E-state index is 10.2. The fourth-order valence-electron chi connectivity index (χ4n) is 2.74. The van der Waals surface area contributed by atoms with E-state index in [0.717, 1.165) is 24.2 Å². The summed E-state index contributed by atoms with van der Waals surface area (Å²) in [5.41, 5.74) is 2.06. The summed E-state index contributed by atoms with van der Waals surface area (Å²) in [4.78, 5) is 11.8. The van der Waals surface area contributed by atoms with Gasteiger partial charge in [-0.3, -0.25) is 4.90 Å². The summed E-state index contributed by atoms with van der Waals surface area (Å²) in [5.74, 6) is 0.628. The molecular formula is C16H21N3O3S. The lowest BCUT2D eigenvalue weighted by molar-refractivity contribution is 0.00822. The van der Waals surface area contributed by atoms with Gasteiger partial charge in [-0.25, -0.2) is 9.97 Å². The molecule has 0 aromatic carbocycles. The molecule has 0 saturated heterocycles. The summed E-state index contributed by atoms with van der Waals surface area (Å²) in [6.07, 6.45) is 1.88. The number of aliphatic hydroxyl groups is 1. The predicted molar refractivity (Wildman–Crippen MR) is 87.5 cm³/mol. The van der Waals surface area contributed by atoms with Crippen molar-refractivity contribution in [2.24, 2.45) is 0 Å². The molecule has 2 aromatic rings. The van der Waals surface area contributed by atoms with Crippen LogP contribution in [0, 0.1) is 0 Å². The molecule has 0 radical (unpaired) electrons. The third kappa shape index (κ3) is 4.26. The zero-order valence-corrected chi connectivity index (χ0v) is 14.0. The highest BCUT2D eigenvalue weighted by atomic mass is 32.1. The van der Waals surface area contributed by atoms with Crippen molar-refractivity contribution in [1.82, 2.24) is 14.9 Å². The highest BCUT2D eigenvalue weighted by Gasteiger charge is 2.23. The molecule has 0 fully saturated rings. The molecular weight excluding hydrogens is 314 g/mol. The normalized spacial score (nSPS) is 16.1. The largest absolute Gasteiger partial charge is 0.481 e. The van der Waals surface area contributed by atoms with E-state index in [1.165, 1.54) is 4.88 Å². The molecule has 0 bridgehead atoms. The molecule has 3 rings (SSSR count). The standard InChI is InChI=1S/C16H21N3O3S/c1-21-16-14-8-19(5-4-15(14)17-11-18-16)7-12(20)9-22-10-13-3-2-6-23-13/h2-3,6,11-12,20H,4-5,7-10H2,1H3/t12-/m0/s1. The van der Waals surface area contributed by atoms with Crippen LogP contribution < -0.4 is 4.74 Å². The summed E-state index contributed by atoms with van der Waals surface area (Å²) in [6, 6.07) is 4.03. The zero-order chi connectivity index (χ0) is 16.1. The summed E-state index contributed by atoms with van der Waals surface area (Å²) in [6.45, 7) is 3.03. The summed E-state index contributed by atoms with van der Waals surface area (Å²) in [5, 5.41) is 12.2. The van der Waals surface area contributed by atoms with E-state index in [0.29, 0.717) is 32.2 Å². The number of methoxy groups -OCH3 is 1. The van der Waals surface area contributed by atoms with Crippen LogP contribution in [0.3, 0.4) is 0 Å². The fourth-order valence-corrected chi connectivity index (χ4v) is 3.38. The fraction of sp³-hybridized carbons (Fsp3) is 0.500. The van der Waals surface area contributed by atoms with Crippen LogP contribution >= 0.6 is 11.3 Å². The van der Waals surface area contributed by atoms with Crippen molar-refractivity contribution in [2.45, 2.75) is 25.7 Å². The van der Waals surface area contributed by atoms with Crippen molar-refractivity contribution in [1.29, 1.82) is 0 Å². The summed E-state index contributed by atoms with van der Waals surface area (Å²) < 4.78 is 10.9. The number of ether oxygens (including phenoxy) is 2. The van der Waals surface area contributed by atoms with E-state index in [9.17, 15) is 5.11 Å². The first-order valence-electron chi connectivity index (χ1n) is 7.63. The Kier molecular flexibility index (Phi) is 5.56. The highest BCUT2D eigenvalue weighted by Crippen LogP contribution is 2.24. The first-order valence-corrected chi connectivity index (χ1v) is 8.51. The second-order valence-corrected chi connectivity index (χ2v) is 6.57. The molecule has 7 heteroatoms. The average molecular weight is 335 g/mol.